The summed E-state index contributed by atoms with van der Waals surface area (Å²) in [6, 6.07) is 3.80. The van der Waals surface area contributed by atoms with Gasteiger partial charge >= 0.3 is 0 Å². The normalized spacial score (nSPS) is 26.4. The fourth-order valence-corrected chi connectivity index (χ4v) is 4.19. The zero-order valence-electron chi connectivity index (χ0n) is 14.4. The van der Waals surface area contributed by atoms with E-state index >= 15 is 0 Å². The topological polar surface area (TPSA) is 37.2 Å². The highest BCUT2D eigenvalue weighted by molar-refractivity contribution is 5.45. The first-order valence-electron chi connectivity index (χ1n) is 8.70. The Hall–Kier alpha value is -2.02. The highest BCUT2D eigenvalue weighted by Crippen LogP contribution is 2.50. The smallest absolute Gasteiger partial charge is 0.257 e. The summed E-state index contributed by atoms with van der Waals surface area (Å²) in [6.45, 7) is 2.57. The van der Waals surface area contributed by atoms with Crippen LogP contribution in [0.15, 0.2) is 36.9 Å². The van der Waals surface area contributed by atoms with Crippen molar-refractivity contribution in [2.45, 2.75) is 25.3 Å². The Morgan fingerprint density at radius 3 is 2.76 bits per heavy atom. The summed E-state index contributed by atoms with van der Waals surface area (Å²) >= 11 is 0. The van der Waals surface area contributed by atoms with Gasteiger partial charge in [-0.15, -0.1) is 0 Å². The summed E-state index contributed by atoms with van der Waals surface area (Å²) in [5, 5.41) is 4.18. The third kappa shape index (κ3) is 3.01. The van der Waals surface area contributed by atoms with Crippen molar-refractivity contribution in [2.75, 3.05) is 31.1 Å². The van der Waals surface area contributed by atoms with E-state index in [2.05, 4.69) is 19.9 Å². The van der Waals surface area contributed by atoms with Crippen molar-refractivity contribution in [1.82, 2.24) is 19.7 Å². The second-order valence-electron chi connectivity index (χ2n) is 7.35. The lowest BCUT2D eigenvalue weighted by molar-refractivity contribution is -0.158. The maximum absolute atomic E-state index is 14.9. The molecule has 0 unspecified atom stereocenters. The Morgan fingerprint density at radius 1 is 1.16 bits per heavy atom. The fraction of sp³-hybridized carbons (Fsp3) is 0.556. The minimum atomic E-state index is -2.63. The van der Waals surface area contributed by atoms with Gasteiger partial charge in [-0.05, 0) is 18.6 Å². The van der Waals surface area contributed by atoms with Crippen LogP contribution in [0.25, 0.3) is 0 Å². The van der Waals surface area contributed by atoms with Crippen molar-refractivity contribution in [3.8, 4) is 0 Å². The highest BCUT2D eigenvalue weighted by Gasteiger charge is 2.59. The van der Waals surface area contributed by atoms with Crippen LogP contribution >= 0.6 is 0 Å². The van der Waals surface area contributed by atoms with Crippen molar-refractivity contribution in [1.29, 1.82) is 0 Å². The molecular formula is C18H23F2N5. The van der Waals surface area contributed by atoms with Crippen LogP contribution in [0.2, 0.25) is 0 Å². The predicted molar refractivity (Wildman–Crippen MR) is 91.5 cm³/mol. The lowest BCUT2D eigenvalue weighted by Crippen LogP contribution is -2.56. The molecule has 25 heavy (non-hydrogen) atoms. The molecule has 0 amide bonds. The molecule has 2 saturated heterocycles. The Kier molecular flexibility index (Phi) is 3.98. The van der Waals surface area contributed by atoms with Crippen molar-refractivity contribution in [3.63, 3.8) is 0 Å². The van der Waals surface area contributed by atoms with E-state index < -0.39 is 11.3 Å². The van der Waals surface area contributed by atoms with Gasteiger partial charge in [0.25, 0.3) is 5.92 Å². The SMILES string of the molecule is Cn1cc(CN2CCC(F)(F)[C@]3(CCN(c4cccnc4)C3)C2)cn1. The Balaban J connectivity index is 1.52. The van der Waals surface area contributed by atoms with Gasteiger partial charge in [0.2, 0.25) is 0 Å². The molecule has 4 heterocycles. The second kappa shape index (κ2) is 6.05. The highest BCUT2D eigenvalue weighted by atomic mass is 19.3. The molecule has 5 nitrogen and oxygen atoms in total. The minimum absolute atomic E-state index is 0.0753. The van der Waals surface area contributed by atoms with E-state index in [4.69, 9.17) is 0 Å². The fourth-order valence-electron chi connectivity index (χ4n) is 4.19. The lowest BCUT2D eigenvalue weighted by Gasteiger charge is -2.46. The standard InChI is InChI=1S/C18H23F2N5/c1-23-11-15(9-22-23)12-24-7-5-18(19,20)17(13-24)4-8-25(14-17)16-3-2-6-21-10-16/h2-3,6,9-11H,4-5,7-8,12-14H2,1H3/t17-/m1/s1. The van der Waals surface area contributed by atoms with Gasteiger partial charge in [0.1, 0.15) is 0 Å². The van der Waals surface area contributed by atoms with Gasteiger partial charge in [0.15, 0.2) is 0 Å². The first-order valence-corrected chi connectivity index (χ1v) is 8.70. The molecular weight excluding hydrogens is 324 g/mol. The number of hydrogen-bond donors (Lipinski definition) is 0. The summed E-state index contributed by atoms with van der Waals surface area (Å²) in [5.74, 6) is -2.63. The molecule has 4 rings (SSSR count). The van der Waals surface area contributed by atoms with Gasteiger partial charge in [-0.25, -0.2) is 8.78 Å². The van der Waals surface area contributed by atoms with Gasteiger partial charge in [0.05, 0.1) is 23.5 Å². The lowest BCUT2D eigenvalue weighted by atomic mass is 9.75. The number of hydrogen-bond acceptors (Lipinski definition) is 4. The van der Waals surface area contributed by atoms with E-state index in [9.17, 15) is 8.78 Å². The first kappa shape index (κ1) is 16.4. The Labute approximate surface area is 146 Å². The molecule has 0 bridgehead atoms. The van der Waals surface area contributed by atoms with Crippen LogP contribution in [0, 0.1) is 5.41 Å². The number of halogens is 2. The van der Waals surface area contributed by atoms with Gasteiger partial charge < -0.3 is 4.90 Å². The molecule has 0 N–H and O–H groups in total. The van der Waals surface area contributed by atoms with Gasteiger partial charge in [0, 0.05) is 64.1 Å². The molecule has 134 valence electrons. The number of piperidine rings is 1. The minimum Gasteiger partial charge on any atom is -0.369 e. The predicted octanol–water partition coefficient (Wildman–Crippen LogP) is 2.55. The van der Waals surface area contributed by atoms with E-state index in [1.165, 1.54) is 0 Å². The summed E-state index contributed by atoms with van der Waals surface area (Å²) < 4.78 is 31.5. The number of nitrogens with zero attached hydrogens (tertiary/aromatic N) is 5. The molecule has 0 radical (unpaired) electrons. The first-order chi connectivity index (χ1) is 12.0. The van der Waals surface area contributed by atoms with Gasteiger partial charge in [-0.1, -0.05) is 0 Å². The summed E-state index contributed by atoms with van der Waals surface area (Å²) in [7, 11) is 1.87. The average molecular weight is 347 g/mol. The summed E-state index contributed by atoms with van der Waals surface area (Å²) in [6.07, 6.45) is 7.67. The molecule has 2 aliphatic rings. The van der Waals surface area contributed by atoms with E-state index in [1.54, 1.807) is 17.1 Å². The van der Waals surface area contributed by atoms with Crippen LogP contribution < -0.4 is 4.90 Å². The zero-order chi connectivity index (χ0) is 17.5. The molecule has 0 aromatic carbocycles. The molecule has 0 saturated carbocycles. The quantitative estimate of drug-likeness (QED) is 0.855. The van der Waals surface area contributed by atoms with Crippen molar-refractivity contribution < 1.29 is 8.78 Å². The number of alkyl halides is 2. The van der Waals surface area contributed by atoms with E-state index in [0.29, 0.717) is 39.1 Å². The van der Waals surface area contributed by atoms with Gasteiger partial charge in [-0.3, -0.25) is 14.6 Å². The van der Waals surface area contributed by atoms with Crippen LogP contribution in [0.5, 0.6) is 0 Å². The molecule has 0 aliphatic carbocycles. The molecule has 2 aromatic rings. The van der Waals surface area contributed by atoms with Crippen LogP contribution in [-0.2, 0) is 13.6 Å². The third-order valence-electron chi connectivity index (χ3n) is 5.57. The largest absolute Gasteiger partial charge is 0.369 e. The monoisotopic (exact) mass is 347 g/mol. The van der Waals surface area contributed by atoms with Crippen LogP contribution in [0.4, 0.5) is 14.5 Å². The number of rotatable bonds is 3. The maximum Gasteiger partial charge on any atom is 0.257 e. The summed E-state index contributed by atoms with van der Waals surface area (Å²) in [4.78, 5) is 8.33. The van der Waals surface area contributed by atoms with Crippen LogP contribution in [0.1, 0.15) is 18.4 Å². The Morgan fingerprint density at radius 2 is 2.04 bits per heavy atom. The van der Waals surface area contributed by atoms with Crippen molar-refractivity contribution in [2.24, 2.45) is 12.5 Å². The van der Waals surface area contributed by atoms with Gasteiger partial charge in [-0.2, -0.15) is 5.10 Å². The molecule has 1 spiro atoms. The van der Waals surface area contributed by atoms with E-state index in [-0.39, 0.29) is 6.42 Å². The van der Waals surface area contributed by atoms with Crippen LogP contribution in [-0.4, -0.2) is 51.8 Å². The molecule has 7 heteroatoms. The van der Waals surface area contributed by atoms with E-state index in [1.807, 2.05) is 31.6 Å². The zero-order valence-corrected chi connectivity index (χ0v) is 14.4. The number of aromatic nitrogens is 3. The van der Waals surface area contributed by atoms with Crippen molar-refractivity contribution >= 4 is 5.69 Å². The Bertz CT molecular complexity index is 732. The second-order valence-corrected chi connectivity index (χ2v) is 7.35. The van der Waals surface area contributed by atoms with E-state index in [0.717, 1.165) is 11.3 Å². The van der Waals surface area contributed by atoms with Crippen LogP contribution in [0.3, 0.4) is 0 Å². The number of pyridine rings is 1. The molecule has 1 atom stereocenters. The molecule has 2 fully saturated rings. The number of aryl methyl sites for hydroxylation is 1. The maximum atomic E-state index is 14.9. The third-order valence-corrected chi connectivity index (χ3v) is 5.57. The average Bonchev–Trinajstić information content (AvgIpc) is 3.20. The molecule has 2 aliphatic heterocycles. The number of likely N-dealkylation sites (tertiary alicyclic amines) is 1. The molecule has 2 aromatic heterocycles. The number of anilines is 1. The van der Waals surface area contributed by atoms with Crippen molar-refractivity contribution in [3.05, 3.63) is 42.5 Å². The summed E-state index contributed by atoms with van der Waals surface area (Å²) in [5.41, 5.74) is 1.02.